The number of halogens is 1. The van der Waals surface area contributed by atoms with Crippen LogP contribution in [0.15, 0.2) is 38.5 Å². The topological polar surface area (TPSA) is 121 Å². The molecule has 184 valence electrons. The first kappa shape index (κ1) is 24.3. The van der Waals surface area contributed by atoms with Crippen molar-refractivity contribution in [3.05, 3.63) is 57.1 Å². The maximum atomic E-state index is 14.8. The van der Waals surface area contributed by atoms with Crippen molar-refractivity contribution in [1.82, 2.24) is 5.32 Å². The van der Waals surface area contributed by atoms with E-state index < -0.39 is 33.2 Å². The number of sulfonamides is 1. The van der Waals surface area contributed by atoms with Gasteiger partial charge in [-0.2, -0.15) is 4.39 Å². The van der Waals surface area contributed by atoms with Crippen LogP contribution in [0.5, 0.6) is 5.75 Å². The van der Waals surface area contributed by atoms with E-state index in [-0.39, 0.29) is 17.0 Å². The predicted octanol–water partition coefficient (Wildman–Crippen LogP) is 3.93. The number of benzene rings is 1. The zero-order valence-corrected chi connectivity index (χ0v) is 20.0. The number of fused-ring (bicyclic) bond motifs is 1. The van der Waals surface area contributed by atoms with Gasteiger partial charge in [0.05, 0.1) is 18.4 Å². The third-order valence-corrected chi connectivity index (χ3v) is 8.02. The Hall–Kier alpha value is -2.88. The number of nitrogens with one attached hydrogen (secondary N) is 2. The largest absolute Gasteiger partial charge is 0.507 e. The summed E-state index contributed by atoms with van der Waals surface area (Å²) in [4.78, 5) is 16.4. The maximum absolute atomic E-state index is 14.8. The van der Waals surface area contributed by atoms with Crippen LogP contribution in [-0.4, -0.2) is 31.5 Å². The number of aromatic hydroxyl groups is 1. The zero-order valence-electron chi connectivity index (χ0n) is 19.1. The van der Waals surface area contributed by atoms with Gasteiger partial charge in [0.25, 0.3) is 10.0 Å². The van der Waals surface area contributed by atoms with Gasteiger partial charge < -0.3 is 14.8 Å². The van der Waals surface area contributed by atoms with Crippen LogP contribution in [0.2, 0.25) is 0 Å². The number of anilines is 1. The summed E-state index contributed by atoms with van der Waals surface area (Å²) >= 11 is 0. The summed E-state index contributed by atoms with van der Waals surface area (Å²) in [5.41, 5.74) is 1.07. The molecule has 10 heteroatoms. The maximum Gasteiger partial charge on any atom is 0.343 e. The van der Waals surface area contributed by atoms with Crippen LogP contribution in [0.3, 0.4) is 0 Å². The van der Waals surface area contributed by atoms with Crippen LogP contribution >= 0.6 is 0 Å². The highest BCUT2D eigenvalue weighted by molar-refractivity contribution is 7.93. The average molecular weight is 492 g/mol. The molecule has 0 fully saturated rings. The van der Waals surface area contributed by atoms with Gasteiger partial charge in [-0.25, -0.2) is 18.2 Å². The molecule has 2 heterocycles. The second-order valence-corrected chi connectivity index (χ2v) is 10.7. The third kappa shape index (κ3) is 4.68. The second kappa shape index (κ2) is 9.77. The van der Waals surface area contributed by atoms with Gasteiger partial charge >= 0.3 is 10.8 Å². The summed E-state index contributed by atoms with van der Waals surface area (Å²) in [6.45, 7) is 1.48. The smallest absolute Gasteiger partial charge is 0.343 e. The monoisotopic (exact) mass is 491 g/mol. The van der Waals surface area contributed by atoms with E-state index in [1.165, 1.54) is 6.07 Å². The summed E-state index contributed by atoms with van der Waals surface area (Å²) < 4.78 is 47.9. The highest BCUT2D eigenvalue weighted by atomic mass is 32.2. The minimum Gasteiger partial charge on any atom is -0.507 e. The summed E-state index contributed by atoms with van der Waals surface area (Å²) in [6.07, 6.45) is 7.48. The summed E-state index contributed by atoms with van der Waals surface area (Å²) in [5, 5.41) is 10.8. The van der Waals surface area contributed by atoms with E-state index in [1.807, 2.05) is 6.92 Å². The fourth-order valence-electron chi connectivity index (χ4n) is 4.67. The SMILES string of the molecule is CCCC(c1cccc(NS(=O)(=O)C2(F)CNC=N2)c1)c1c(O)c2c(oc1=O)CCCCCC2. The molecule has 34 heavy (non-hydrogen) atoms. The lowest BCUT2D eigenvalue weighted by Gasteiger charge is -2.22. The normalized spacial score (nSPS) is 21.2. The molecule has 1 aromatic carbocycles. The number of hydrogen-bond acceptors (Lipinski definition) is 7. The molecule has 1 aromatic heterocycles. The third-order valence-electron chi connectivity index (χ3n) is 6.44. The minimum atomic E-state index is -4.47. The highest BCUT2D eigenvalue weighted by Gasteiger charge is 2.46. The number of alkyl halides is 1. The van der Waals surface area contributed by atoms with Crippen LogP contribution < -0.4 is 15.7 Å². The van der Waals surface area contributed by atoms with Crippen molar-refractivity contribution < 1.29 is 22.3 Å². The van der Waals surface area contributed by atoms with Crippen molar-refractivity contribution in [2.45, 2.75) is 69.3 Å². The zero-order chi connectivity index (χ0) is 24.3. The number of aliphatic imine (C=N–C) groups is 1. The van der Waals surface area contributed by atoms with E-state index in [1.54, 1.807) is 18.2 Å². The van der Waals surface area contributed by atoms with E-state index in [2.05, 4.69) is 15.0 Å². The first-order valence-electron chi connectivity index (χ1n) is 11.7. The molecule has 0 saturated heterocycles. The Balaban J connectivity index is 1.72. The number of nitrogens with zero attached hydrogens (tertiary/aromatic N) is 1. The molecule has 1 aliphatic carbocycles. The van der Waals surface area contributed by atoms with Gasteiger partial charge in [-0.15, -0.1) is 0 Å². The van der Waals surface area contributed by atoms with Crippen molar-refractivity contribution >= 4 is 22.0 Å². The molecule has 3 N–H and O–H groups in total. The molecule has 0 bridgehead atoms. The number of rotatable bonds is 7. The summed E-state index contributed by atoms with van der Waals surface area (Å²) in [6, 6.07) is 6.45. The van der Waals surface area contributed by atoms with Crippen LogP contribution in [0, 0.1) is 0 Å². The molecular weight excluding hydrogens is 461 g/mol. The van der Waals surface area contributed by atoms with Gasteiger partial charge in [0.15, 0.2) is 0 Å². The van der Waals surface area contributed by atoms with Crippen molar-refractivity contribution in [3.8, 4) is 5.75 Å². The first-order chi connectivity index (χ1) is 16.3. The lowest BCUT2D eigenvalue weighted by atomic mass is 9.85. The Morgan fingerprint density at radius 2 is 2.03 bits per heavy atom. The molecular formula is C24H30FN3O5S. The Kier molecular flexibility index (Phi) is 6.97. The lowest BCUT2D eigenvalue weighted by Crippen LogP contribution is -2.40. The molecule has 1 aliphatic heterocycles. The van der Waals surface area contributed by atoms with E-state index in [9.17, 15) is 22.7 Å². The Labute approximate surface area is 198 Å². The lowest BCUT2D eigenvalue weighted by molar-refractivity contribution is 0.295. The number of hydrogen-bond donors (Lipinski definition) is 3. The van der Waals surface area contributed by atoms with Crippen molar-refractivity contribution in [2.24, 2.45) is 4.99 Å². The van der Waals surface area contributed by atoms with Gasteiger partial charge in [0, 0.05) is 23.6 Å². The summed E-state index contributed by atoms with van der Waals surface area (Å²) in [5.74, 6) is 0.0280. The second-order valence-electron chi connectivity index (χ2n) is 8.87. The molecule has 0 amide bonds. The molecule has 2 unspecified atom stereocenters. The first-order valence-corrected chi connectivity index (χ1v) is 13.2. The van der Waals surface area contributed by atoms with Crippen molar-refractivity contribution in [1.29, 1.82) is 0 Å². The van der Waals surface area contributed by atoms with Crippen molar-refractivity contribution in [3.63, 3.8) is 0 Å². The van der Waals surface area contributed by atoms with Gasteiger partial charge in [-0.1, -0.05) is 38.3 Å². The van der Waals surface area contributed by atoms with Crippen molar-refractivity contribution in [2.75, 3.05) is 11.3 Å². The Morgan fingerprint density at radius 3 is 2.74 bits per heavy atom. The minimum absolute atomic E-state index is 0.0216. The van der Waals surface area contributed by atoms with Gasteiger partial charge in [-0.3, -0.25) is 4.72 Å². The van der Waals surface area contributed by atoms with Crippen LogP contribution in [-0.2, 0) is 22.9 Å². The van der Waals surface area contributed by atoms with E-state index in [4.69, 9.17) is 4.42 Å². The van der Waals surface area contributed by atoms with Gasteiger partial charge in [-0.05, 0) is 43.4 Å². The fraction of sp³-hybridized carbons (Fsp3) is 0.500. The standard InChI is InChI=1S/C24H30FN3O5S/c1-2-8-18(21-22(29)19-11-5-3-4-6-12-20(19)33-23(21)30)16-9-7-10-17(13-16)28-34(31,32)24(25)14-26-15-27-24/h7,9-10,13,15,18,28-29H,2-6,8,11-12,14H2,1H3,(H,26,27). The predicted molar refractivity (Wildman–Crippen MR) is 129 cm³/mol. The van der Waals surface area contributed by atoms with Crippen LogP contribution in [0.25, 0.3) is 0 Å². The Morgan fingerprint density at radius 1 is 1.26 bits per heavy atom. The molecule has 0 saturated carbocycles. The molecule has 0 spiro atoms. The van der Waals surface area contributed by atoms with Crippen LogP contribution in [0.1, 0.15) is 73.8 Å². The molecule has 0 radical (unpaired) electrons. The highest BCUT2D eigenvalue weighted by Crippen LogP contribution is 2.38. The molecule has 2 atom stereocenters. The van der Waals surface area contributed by atoms with E-state index in [0.717, 1.165) is 32.0 Å². The fourth-order valence-corrected chi connectivity index (χ4v) is 5.73. The van der Waals surface area contributed by atoms with Crippen LogP contribution in [0.4, 0.5) is 10.1 Å². The molecule has 2 aromatic rings. The quantitative estimate of drug-likeness (QED) is 0.505. The van der Waals surface area contributed by atoms with E-state index >= 15 is 0 Å². The van der Waals surface area contributed by atoms with Gasteiger partial charge in [0.1, 0.15) is 11.5 Å². The number of aryl methyl sites for hydroxylation is 1. The molecule has 8 nitrogen and oxygen atoms in total. The Bertz CT molecular complexity index is 1240. The molecule has 2 aliphatic rings. The summed E-state index contributed by atoms with van der Waals surface area (Å²) in [7, 11) is -4.47. The van der Waals surface area contributed by atoms with Gasteiger partial charge in [0.2, 0.25) is 0 Å². The molecule has 4 rings (SSSR count). The average Bonchev–Trinajstić information content (AvgIpc) is 3.23. The van der Waals surface area contributed by atoms with E-state index in [0.29, 0.717) is 42.6 Å².